The van der Waals surface area contributed by atoms with E-state index < -0.39 is 10.8 Å². The van der Waals surface area contributed by atoms with Crippen LogP contribution in [-0.4, -0.2) is 15.8 Å². The van der Waals surface area contributed by atoms with Crippen LogP contribution >= 0.6 is 11.6 Å². The van der Waals surface area contributed by atoms with Crippen molar-refractivity contribution < 1.29 is 10.0 Å². The van der Waals surface area contributed by atoms with Crippen molar-refractivity contribution in [1.82, 2.24) is 5.06 Å². The van der Waals surface area contributed by atoms with E-state index in [2.05, 4.69) is 0 Å². The topological polar surface area (TPSA) is 40.2 Å². The third-order valence-electron chi connectivity index (χ3n) is 3.96. The predicted octanol–water partition coefficient (Wildman–Crippen LogP) is 3.50. The Morgan fingerprint density at radius 1 is 1.17 bits per heavy atom. The molecule has 1 unspecified atom stereocenters. The molecule has 1 radical (unpaired) electrons. The first-order chi connectivity index (χ1) is 8.27. The van der Waals surface area contributed by atoms with E-state index in [-0.39, 0.29) is 5.54 Å². The van der Waals surface area contributed by atoms with Gasteiger partial charge in [0.25, 0.3) is 5.24 Å². The van der Waals surface area contributed by atoms with Gasteiger partial charge in [0.1, 0.15) is 0 Å². The van der Waals surface area contributed by atoms with Crippen LogP contribution in [0.5, 0.6) is 0 Å². The molecule has 1 fully saturated rings. The zero-order chi connectivity index (χ0) is 13.6. The van der Waals surface area contributed by atoms with Gasteiger partial charge in [0.05, 0.1) is 5.54 Å². The molecule has 0 aromatic heterocycles. The molecule has 1 aromatic carbocycles. The van der Waals surface area contributed by atoms with Gasteiger partial charge in [-0.05, 0) is 62.9 Å². The number of halogens is 1. The highest BCUT2D eigenvalue weighted by molar-refractivity contribution is 6.67. The molecule has 0 bridgehead atoms. The summed E-state index contributed by atoms with van der Waals surface area (Å²) in [5.74, 6) is 0. The van der Waals surface area contributed by atoms with E-state index in [9.17, 15) is 10.0 Å². The predicted molar refractivity (Wildman–Crippen MR) is 69.8 cm³/mol. The summed E-state index contributed by atoms with van der Waals surface area (Å²) in [5.41, 5.74) is 0.538. The zero-order valence-corrected chi connectivity index (χ0v) is 11.6. The molecule has 0 spiro atoms. The van der Waals surface area contributed by atoms with Crippen LogP contribution in [0.4, 0.5) is 0 Å². The fraction of sp³-hybridized carbons (Fsp3) is 0.500. The summed E-state index contributed by atoms with van der Waals surface area (Å²) in [7, 11) is 0. The van der Waals surface area contributed by atoms with E-state index in [1.54, 1.807) is 12.1 Å². The van der Waals surface area contributed by atoms with Gasteiger partial charge in [0.15, 0.2) is 0 Å². The Labute approximate surface area is 112 Å². The summed E-state index contributed by atoms with van der Waals surface area (Å²) >= 11 is 5.41. The smallest absolute Gasteiger partial charge is 0.252 e. The van der Waals surface area contributed by atoms with E-state index in [4.69, 9.17) is 11.6 Å². The molecule has 97 valence electrons. The van der Waals surface area contributed by atoms with Crippen molar-refractivity contribution in [2.75, 3.05) is 0 Å². The summed E-state index contributed by atoms with van der Waals surface area (Å²) in [5, 5.41) is 13.1. The quantitative estimate of drug-likeness (QED) is 0.769. The van der Waals surface area contributed by atoms with Gasteiger partial charge in [-0.25, -0.2) is 0 Å². The Morgan fingerprint density at radius 2 is 1.72 bits per heavy atom. The molecule has 0 aliphatic carbocycles. The van der Waals surface area contributed by atoms with E-state index in [0.29, 0.717) is 5.56 Å². The lowest BCUT2D eigenvalue weighted by atomic mass is 9.90. The molecule has 2 rings (SSSR count). The van der Waals surface area contributed by atoms with Gasteiger partial charge >= 0.3 is 0 Å². The molecule has 4 heteroatoms. The molecule has 1 heterocycles. The summed E-state index contributed by atoms with van der Waals surface area (Å²) < 4.78 is 0. The van der Waals surface area contributed by atoms with E-state index in [0.717, 1.165) is 18.4 Å². The zero-order valence-electron chi connectivity index (χ0n) is 10.9. The fourth-order valence-electron chi connectivity index (χ4n) is 2.64. The maximum atomic E-state index is 12.4. The SMILES string of the molecule is CC1(C)CCC(C)(c2ccc(C(=O)Cl)cc2)N1[O]. The Hall–Kier alpha value is -0.900. The van der Waals surface area contributed by atoms with Gasteiger partial charge in [-0.15, -0.1) is 10.3 Å². The van der Waals surface area contributed by atoms with E-state index in [1.165, 1.54) is 5.06 Å². The number of rotatable bonds is 2. The van der Waals surface area contributed by atoms with Gasteiger partial charge in [-0.1, -0.05) is 12.1 Å². The summed E-state index contributed by atoms with van der Waals surface area (Å²) in [6, 6.07) is 6.99. The Kier molecular flexibility index (Phi) is 3.26. The second-order valence-corrected chi connectivity index (χ2v) is 6.08. The molecule has 0 saturated carbocycles. The van der Waals surface area contributed by atoms with Gasteiger partial charge in [-0.2, -0.15) is 0 Å². The highest BCUT2D eigenvalue weighted by Gasteiger charge is 2.49. The lowest BCUT2D eigenvalue weighted by Gasteiger charge is -2.35. The minimum atomic E-state index is -0.516. The van der Waals surface area contributed by atoms with Crippen molar-refractivity contribution in [3.63, 3.8) is 0 Å². The highest BCUT2D eigenvalue weighted by atomic mass is 35.5. The van der Waals surface area contributed by atoms with Crippen molar-refractivity contribution in [3.05, 3.63) is 35.4 Å². The van der Waals surface area contributed by atoms with Gasteiger partial charge in [0, 0.05) is 11.1 Å². The van der Waals surface area contributed by atoms with Gasteiger partial charge in [0.2, 0.25) is 0 Å². The number of carbonyl (C=O) groups excluding carboxylic acids is 1. The Bertz CT molecular complexity index is 469. The molecule has 1 aromatic rings. The van der Waals surface area contributed by atoms with Crippen LogP contribution in [0.1, 0.15) is 49.5 Å². The lowest BCUT2D eigenvalue weighted by molar-refractivity contribution is -0.252. The van der Waals surface area contributed by atoms with Crippen molar-refractivity contribution in [3.8, 4) is 0 Å². The summed E-state index contributed by atoms with van der Waals surface area (Å²) in [6.07, 6.45) is 1.68. The molecular formula is C14H17ClNO2. The van der Waals surface area contributed by atoms with Crippen LogP contribution in [0.2, 0.25) is 0 Å². The molecule has 1 saturated heterocycles. The minimum absolute atomic E-state index is 0.338. The summed E-state index contributed by atoms with van der Waals surface area (Å²) in [4.78, 5) is 11.0. The van der Waals surface area contributed by atoms with Crippen LogP contribution in [0.25, 0.3) is 0 Å². The average molecular weight is 267 g/mol. The van der Waals surface area contributed by atoms with Crippen molar-refractivity contribution in [2.24, 2.45) is 0 Å². The van der Waals surface area contributed by atoms with Crippen molar-refractivity contribution >= 4 is 16.8 Å². The number of hydrogen-bond donors (Lipinski definition) is 0. The number of carbonyl (C=O) groups is 1. The molecule has 0 amide bonds. The third-order valence-corrected chi connectivity index (χ3v) is 4.17. The van der Waals surface area contributed by atoms with Crippen molar-refractivity contribution in [1.29, 1.82) is 0 Å². The number of nitrogens with zero attached hydrogens (tertiary/aromatic N) is 1. The summed E-state index contributed by atoms with van der Waals surface area (Å²) in [6.45, 7) is 5.87. The largest absolute Gasteiger partial charge is 0.276 e. The molecule has 3 nitrogen and oxygen atoms in total. The lowest BCUT2D eigenvalue weighted by Crippen LogP contribution is -2.44. The second kappa shape index (κ2) is 4.34. The standard InChI is InChI=1S/C14H17ClNO2/c1-13(2)8-9-14(3,16(13)18)11-6-4-10(5-7-11)12(15)17/h4-7H,8-9H2,1-3H3. The molecular weight excluding hydrogens is 250 g/mol. The first kappa shape index (κ1) is 13.5. The fourth-order valence-corrected chi connectivity index (χ4v) is 2.77. The average Bonchev–Trinajstić information content (AvgIpc) is 2.55. The molecule has 0 N–H and O–H groups in total. The monoisotopic (exact) mass is 266 g/mol. The third kappa shape index (κ3) is 2.07. The second-order valence-electron chi connectivity index (χ2n) is 5.73. The van der Waals surface area contributed by atoms with Crippen LogP contribution in [0.3, 0.4) is 0 Å². The number of hydroxylamine groups is 2. The molecule has 1 aliphatic heterocycles. The maximum absolute atomic E-state index is 12.4. The molecule has 1 atom stereocenters. The van der Waals surface area contributed by atoms with Crippen LogP contribution in [0, 0.1) is 0 Å². The van der Waals surface area contributed by atoms with E-state index in [1.807, 2.05) is 32.9 Å². The normalized spacial score (nSPS) is 27.4. The van der Waals surface area contributed by atoms with Gasteiger partial charge < -0.3 is 0 Å². The Morgan fingerprint density at radius 3 is 2.11 bits per heavy atom. The highest BCUT2D eigenvalue weighted by Crippen LogP contribution is 2.45. The van der Waals surface area contributed by atoms with Crippen LogP contribution in [-0.2, 0) is 10.7 Å². The van der Waals surface area contributed by atoms with Gasteiger partial charge in [-0.3, -0.25) is 4.79 Å². The number of benzene rings is 1. The van der Waals surface area contributed by atoms with E-state index >= 15 is 0 Å². The first-order valence-electron chi connectivity index (χ1n) is 6.05. The maximum Gasteiger partial charge on any atom is 0.252 e. The minimum Gasteiger partial charge on any atom is -0.276 e. The Balaban J connectivity index is 2.34. The van der Waals surface area contributed by atoms with Crippen LogP contribution < -0.4 is 0 Å². The molecule has 18 heavy (non-hydrogen) atoms. The van der Waals surface area contributed by atoms with Crippen molar-refractivity contribution in [2.45, 2.75) is 44.7 Å². The molecule has 1 aliphatic rings. The van der Waals surface area contributed by atoms with Crippen LogP contribution in [0.15, 0.2) is 24.3 Å². The first-order valence-corrected chi connectivity index (χ1v) is 6.43. The number of hydrogen-bond acceptors (Lipinski definition) is 2.